The Morgan fingerprint density at radius 2 is 1.97 bits per heavy atom. The van der Waals surface area contributed by atoms with Crippen LogP contribution in [0.2, 0.25) is 0 Å². The number of nitrogens with one attached hydrogen (secondary N) is 4. The van der Waals surface area contributed by atoms with Gasteiger partial charge in [-0.05, 0) is 24.5 Å². The predicted octanol–water partition coefficient (Wildman–Crippen LogP) is -1.00. The zero-order chi connectivity index (χ0) is 24.2. The maximum absolute atomic E-state index is 13.1. The topological polar surface area (TPSA) is 192 Å². The van der Waals surface area contributed by atoms with E-state index in [2.05, 4.69) is 25.6 Å². The summed E-state index contributed by atoms with van der Waals surface area (Å²) >= 11 is 0. The third-order valence-corrected chi connectivity index (χ3v) is 5.81. The Morgan fingerprint density at radius 3 is 2.68 bits per heavy atom. The van der Waals surface area contributed by atoms with Crippen molar-refractivity contribution in [2.45, 2.75) is 43.8 Å². The third-order valence-electron chi connectivity index (χ3n) is 5.81. The minimum absolute atomic E-state index is 0.0178. The van der Waals surface area contributed by atoms with Crippen LogP contribution in [0.3, 0.4) is 0 Å². The van der Waals surface area contributed by atoms with E-state index in [4.69, 9.17) is 11.6 Å². The van der Waals surface area contributed by atoms with Gasteiger partial charge in [0.1, 0.15) is 12.1 Å². The molecule has 1 aliphatic rings. The average Bonchev–Trinajstić information content (AvgIpc) is 3.59. The van der Waals surface area contributed by atoms with Crippen molar-refractivity contribution < 1.29 is 19.2 Å². The lowest BCUT2D eigenvalue weighted by atomic mass is 10.0. The zero-order valence-corrected chi connectivity index (χ0v) is 18.3. The van der Waals surface area contributed by atoms with Gasteiger partial charge in [-0.2, -0.15) is 0 Å². The maximum atomic E-state index is 13.1. The summed E-state index contributed by atoms with van der Waals surface area (Å²) in [6.45, 7) is 0. The SMILES string of the molecule is N[C@@H](Cc1c[nH]c2ccccc12)C(=O)N(N)C(=O)[C@H](Cc1cnc[nH]1)NC(=O)[C@@H]1CCC(=O)N1. The highest BCUT2D eigenvalue weighted by atomic mass is 16.2. The number of carbonyl (C=O) groups is 4. The molecule has 0 spiro atoms. The number of benzene rings is 1. The van der Waals surface area contributed by atoms with Crippen molar-refractivity contribution in [1.82, 2.24) is 30.6 Å². The van der Waals surface area contributed by atoms with Gasteiger partial charge in [-0.15, -0.1) is 0 Å². The second-order valence-electron chi connectivity index (χ2n) is 8.22. The molecule has 0 aliphatic carbocycles. The first kappa shape index (κ1) is 23.1. The van der Waals surface area contributed by atoms with Crippen LogP contribution in [-0.4, -0.2) is 61.7 Å². The van der Waals surface area contributed by atoms with Gasteiger partial charge in [-0.3, -0.25) is 19.2 Å². The number of imidazole rings is 1. The van der Waals surface area contributed by atoms with E-state index >= 15 is 0 Å². The number of fused-ring (bicyclic) bond motifs is 1. The highest BCUT2D eigenvalue weighted by Crippen LogP contribution is 2.19. The molecule has 1 saturated heterocycles. The Hall–Kier alpha value is -4.03. The fourth-order valence-electron chi connectivity index (χ4n) is 3.98. The molecule has 2 aromatic heterocycles. The summed E-state index contributed by atoms with van der Waals surface area (Å²) < 4.78 is 0. The van der Waals surface area contributed by atoms with Crippen molar-refractivity contribution in [3.8, 4) is 0 Å². The summed E-state index contributed by atoms with van der Waals surface area (Å²) in [4.78, 5) is 60.0. The smallest absolute Gasteiger partial charge is 0.266 e. The average molecular weight is 467 g/mol. The minimum atomic E-state index is -1.17. The first-order chi connectivity index (χ1) is 16.3. The van der Waals surface area contributed by atoms with E-state index in [0.29, 0.717) is 17.1 Å². The first-order valence-electron chi connectivity index (χ1n) is 10.8. The molecule has 4 amide bonds. The molecule has 1 aliphatic heterocycles. The molecular formula is C22H26N8O4. The molecule has 178 valence electrons. The number of nitrogens with two attached hydrogens (primary N) is 2. The van der Waals surface area contributed by atoms with Crippen LogP contribution in [-0.2, 0) is 32.0 Å². The van der Waals surface area contributed by atoms with Crippen LogP contribution in [0.5, 0.6) is 0 Å². The highest BCUT2D eigenvalue weighted by molar-refractivity contribution is 6.01. The van der Waals surface area contributed by atoms with Crippen LogP contribution < -0.4 is 22.2 Å². The fourth-order valence-corrected chi connectivity index (χ4v) is 3.98. The molecule has 4 rings (SSSR count). The Balaban J connectivity index is 1.45. The van der Waals surface area contributed by atoms with E-state index in [0.717, 1.165) is 16.5 Å². The summed E-state index contributed by atoms with van der Waals surface area (Å²) in [7, 11) is 0. The van der Waals surface area contributed by atoms with E-state index in [9.17, 15) is 19.2 Å². The molecule has 0 unspecified atom stereocenters. The summed E-state index contributed by atoms with van der Waals surface area (Å²) in [5.41, 5.74) is 8.37. The number of aromatic nitrogens is 3. The van der Waals surface area contributed by atoms with Gasteiger partial charge < -0.3 is 26.3 Å². The van der Waals surface area contributed by atoms with Crippen molar-refractivity contribution >= 4 is 34.5 Å². The number of hydrogen-bond acceptors (Lipinski definition) is 7. The molecule has 3 atom stereocenters. The normalized spacial score (nSPS) is 17.2. The molecule has 12 heteroatoms. The van der Waals surface area contributed by atoms with Gasteiger partial charge in [0.15, 0.2) is 0 Å². The molecule has 12 nitrogen and oxygen atoms in total. The maximum Gasteiger partial charge on any atom is 0.266 e. The number of rotatable bonds is 8. The van der Waals surface area contributed by atoms with E-state index in [1.807, 2.05) is 24.3 Å². The molecule has 0 bridgehead atoms. The molecule has 3 aromatic rings. The van der Waals surface area contributed by atoms with Crippen LogP contribution in [0.1, 0.15) is 24.1 Å². The Kier molecular flexibility index (Phi) is 6.70. The molecule has 1 fully saturated rings. The van der Waals surface area contributed by atoms with E-state index in [-0.39, 0.29) is 25.2 Å². The monoisotopic (exact) mass is 466 g/mol. The molecule has 8 N–H and O–H groups in total. The zero-order valence-electron chi connectivity index (χ0n) is 18.3. The quantitative estimate of drug-likeness (QED) is 0.139. The molecule has 1 aromatic carbocycles. The van der Waals surface area contributed by atoms with E-state index in [1.165, 1.54) is 12.5 Å². The largest absolute Gasteiger partial charge is 0.361 e. The van der Waals surface area contributed by atoms with Gasteiger partial charge in [-0.1, -0.05) is 18.2 Å². The Labute approximate surface area is 194 Å². The number of hydrogen-bond donors (Lipinski definition) is 6. The number of nitrogens with zero attached hydrogens (tertiary/aromatic N) is 2. The lowest BCUT2D eigenvalue weighted by molar-refractivity contribution is -0.148. The van der Waals surface area contributed by atoms with Gasteiger partial charge >= 0.3 is 0 Å². The Bertz CT molecular complexity index is 1200. The van der Waals surface area contributed by atoms with Crippen molar-refractivity contribution in [3.05, 3.63) is 54.2 Å². The third kappa shape index (κ3) is 4.97. The summed E-state index contributed by atoms with van der Waals surface area (Å²) in [6, 6.07) is 4.57. The summed E-state index contributed by atoms with van der Waals surface area (Å²) in [6.07, 6.45) is 5.41. The minimum Gasteiger partial charge on any atom is -0.361 e. The molecule has 0 radical (unpaired) electrons. The van der Waals surface area contributed by atoms with Gasteiger partial charge in [0.25, 0.3) is 11.8 Å². The van der Waals surface area contributed by atoms with Crippen LogP contribution >= 0.6 is 0 Å². The molecule has 0 saturated carbocycles. The molecule has 34 heavy (non-hydrogen) atoms. The van der Waals surface area contributed by atoms with Crippen molar-refractivity contribution in [1.29, 1.82) is 0 Å². The number of hydrazine groups is 1. The molecular weight excluding hydrogens is 440 g/mol. The van der Waals surface area contributed by atoms with Gasteiger partial charge in [0.2, 0.25) is 11.8 Å². The first-order valence-corrected chi connectivity index (χ1v) is 10.8. The van der Waals surface area contributed by atoms with Crippen LogP contribution in [0.4, 0.5) is 0 Å². The number of H-pyrrole nitrogens is 2. The lowest BCUT2D eigenvalue weighted by Gasteiger charge is -2.25. The summed E-state index contributed by atoms with van der Waals surface area (Å²) in [5.74, 6) is 3.50. The van der Waals surface area contributed by atoms with E-state index < -0.39 is 35.8 Å². The van der Waals surface area contributed by atoms with Gasteiger partial charge in [0, 0.05) is 41.8 Å². The Morgan fingerprint density at radius 1 is 1.18 bits per heavy atom. The number of carbonyl (C=O) groups excluding carboxylic acids is 4. The van der Waals surface area contributed by atoms with E-state index in [1.54, 1.807) is 6.20 Å². The number of imide groups is 1. The van der Waals surface area contributed by atoms with Crippen molar-refractivity contribution in [2.24, 2.45) is 11.6 Å². The van der Waals surface area contributed by atoms with Crippen LogP contribution in [0, 0.1) is 0 Å². The number of amides is 4. The fraction of sp³-hybridized carbons (Fsp3) is 0.318. The number of para-hydroxylation sites is 1. The van der Waals surface area contributed by atoms with Crippen LogP contribution in [0.15, 0.2) is 43.0 Å². The highest BCUT2D eigenvalue weighted by Gasteiger charge is 2.34. The lowest BCUT2D eigenvalue weighted by Crippen LogP contribution is -2.59. The second kappa shape index (κ2) is 9.85. The van der Waals surface area contributed by atoms with Gasteiger partial charge in [0.05, 0.1) is 12.4 Å². The van der Waals surface area contributed by atoms with Gasteiger partial charge in [-0.25, -0.2) is 15.8 Å². The summed E-state index contributed by atoms with van der Waals surface area (Å²) in [5, 5.41) is 6.51. The predicted molar refractivity (Wildman–Crippen MR) is 121 cm³/mol. The van der Waals surface area contributed by atoms with Crippen LogP contribution in [0.25, 0.3) is 10.9 Å². The van der Waals surface area contributed by atoms with Crippen molar-refractivity contribution in [2.75, 3.05) is 0 Å². The second-order valence-corrected chi connectivity index (χ2v) is 8.22. The molecule has 3 heterocycles. The number of aromatic amines is 2. The van der Waals surface area contributed by atoms with Crippen molar-refractivity contribution in [3.63, 3.8) is 0 Å². The standard InChI is InChI=1S/C22H26N8O4/c23-15(7-12-9-26-16-4-2-1-3-14(12)16)21(33)30(24)22(34)18(8-13-10-25-11-27-13)29-20(32)17-5-6-19(31)28-17/h1-4,9-11,15,17-18,26H,5-8,23-24H2,(H,25,27)(H,28,31)(H,29,32)/t15-,17-,18-/m0/s1.